The molecule has 1 unspecified atom stereocenters. The molecule has 1 aliphatic rings. The number of piperidine rings is 1. The van der Waals surface area contributed by atoms with E-state index in [1.807, 2.05) is 0 Å². The van der Waals surface area contributed by atoms with Crippen LogP contribution in [0.15, 0.2) is 23.6 Å². The zero-order valence-corrected chi connectivity index (χ0v) is 15.5. The van der Waals surface area contributed by atoms with Crippen molar-refractivity contribution in [2.45, 2.75) is 19.8 Å². The highest BCUT2D eigenvalue weighted by Gasteiger charge is 2.29. The molecule has 0 spiro atoms. The number of carbonyl (C=O) groups is 2. The minimum absolute atomic E-state index is 0.227. The lowest BCUT2D eigenvalue weighted by molar-refractivity contribution is -0.121. The number of halogens is 2. The van der Waals surface area contributed by atoms with E-state index in [1.54, 1.807) is 12.3 Å². The van der Waals surface area contributed by atoms with E-state index in [9.17, 15) is 18.4 Å². The van der Waals surface area contributed by atoms with E-state index < -0.39 is 17.7 Å². The molecule has 6 nitrogen and oxygen atoms in total. The van der Waals surface area contributed by atoms with E-state index in [1.165, 1.54) is 22.3 Å². The zero-order chi connectivity index (χ0) is 19.4. The van der Waals surface area contributed by atoms with Gasteiger partial charge in [-0.25, -0.2) is 18.6 Å². The molecular weight excluding hydrogens is 376 g/mol. The van der Waals surface area contributed by atoms with Gasteiger partial charge in [0.25, 0.3) is 0 Å². The average molecular weight is 395 g/mol. The molecule has 2 heterocycles. The van der Waals surface area contributed by atoms with Crippen molar-refractivity contribution in [3.05, 3.63) is 35.2 Å². The summed E-state index contributed by atoms with van der Waals surface area (Å²) in [6, 6.07) is 3.53. The van der Waals surface area contributed by atoms with Crippen LogP contribution in [-0.4, -0.2) is 41.6 Å². The Morgan fingerprint density at radius 3 is 2.93 bits per heavy atom. The lowest BCUT2D eigenvalue weighted by atomic mass is 9.97. The third-order valence-corrected chi connectivity index (χ3v) is 5.03. The quantitative estimate of drug-likeness (QED) is 0.852. The maximum Gasteiger partial charge on any atom is 0.409 e. The highest BCUT2D eigenvalue weighted by atomic mass is 32.1. The van der Waals surface area contributed by atoms with E-state index >= 15 is 0 Å². The molecule has 1 atom stereocenters. The Hall–Kier alpha value is -2.55. The third-order valence-electron chi connectivity index (χ3n) is 4.27. The van der Waals surface area contributed by atoms with Gasteiger partial charge in [0.2, 0.25) is 5.91 Å². The molecule has 2 aromatic rings. The Bertz CT molecular complexity index is 843. The lowest BCUT2D eigenvalue weighted by Crippen LogP contribution is -2.44. The molecular formula is C18H19F2N3O3S. The predicted molar refractivity (Wildman–Crippen MR) is 97.4 cm³/mol. The predicted octanol–water partition coefficient (Wildman–Crippen LogP) is 3.90. The Morgan fingerprint density at radius 2 is 2.19 bits per heavy atom. The van der Waals surface area contributed by atoms with Crippen molar-refractivity contribution in [2.75, 3.05) is 25.0 Å². The molecule has 1 aliphatic heterocycles. The molecule has 0 bridgehead atoms. The lowest BCUT2D eigenvalue weighted by Gasteiger charge is -2.30. The molecule has 1 aromatic heterocycles. The average Bonchev–Trinajstić information content (AvgIpc) is 3.12. The van der Waals surface area contributed by atoms with Crippen LogP contribution >= 0.6 is 11.3 Å². The smallest absolute Gasteiger partial charge is 0.409 e. The van der Waals surface area contributed by atoms with Crippen molar-refractivity contribution >= 4 is 28.5 Å². The Balaban J connectivity index is 1.63. The van der Waals surface area contributed by atoms with Gasteiger partial charge in [0.1, 0.15) is 0 Å². The highest BCUT2D eigenvalue weighted by Crippen LogP contribution is 2.27. The summed E-state index contributed by atoms with van der Waals surface area (Å²) >= 11 is 1.20. The van der Waals surface area contributed by atoms with Crippen LogP contribution in [-0.2, 0) is 9.53 Å². The zero-order valence-electron chi connectivity index (χ0n) is 14.7. The van der Waals surface area contributed by atoms with E-state index in [0.29, 0.717) is 35.9 Å². The van der Waals surface area contributed by atoms with Gasteiger partial charge in [0.15, 0.2) is 16.8 Å². The van der Waals surface area contributed by atoms with Gasteiger partial charge in [-0.1, -0.05) is 0 Å². The summed E-state index contributed by atoms with van der Waals surface area (Å²) in [6.07, 6.45) is 0.975. The summed E-state index contributed by atoms with van der Waals surface area (Å²) in [5, 5.41) is 4.77. The first kappa shape index (κ1) is 19.2. The molecule has 1 N–H and O–H groups in total. The van der Waals surface area contributed by atoms with Gasteiger partial charge in [0, 0.05) is 24.0 Å². The summed E-state index contributed by atoms with van der Waals surface area (Å²) in [5.41, 5.74) is 0.878. The van der Waals surface area contributed by atoms with Gasteiger partial charge in [-0.05, 0) is 38.0 Å². The van der Waals surface area contributed by atoms with Crippen LogP contribution in [0.1, 0.15) is 19.8 Å². The number of benzene rings is 1. The van der Waals surface area contributed by atoms with Crippen molar-refractivity contribution in [3.8, 4) is 11.3 Å². The Labute approximate surface area is 159 Å². The number of ether oxygens (including phenoxy) is 1. The molecule has 0 saturated carbocycles. The van der Waals surface area contributed by atoms with Gasteiger partial charge in [-0.2, -0.15) is 0 Å². The van der Waals surface area contributed by atoms with Crippen molar-refractivity contribution in [2.24, 2.45) is 5.92 Å². The van der Waals surface area contributed by atoms with E-state index in [2.05, 4.69) is 10.3 Å². The van der Waals surface area contributed by atoms with E-state index in [4.69, 9.17) is 4.74 Å². The van der Waals surface area contributed by atoms with E-state index in [0.717, 1.165) is 18.6 Å². The molecule has 27 heavy (non-hydrogen) atoms. The molecule has 9 heteroatoms. The second-order valence-electron chi connectivity index (χ2n) is 6.14. The number of carbonyl (C=O) groups excluding carboxylic acids is 2. The monoisotopic (exact) mass is 395 g/mol. The number of likely N-dealkylation sites (tertiary alicyclic amines) is 1. The van der Waals surface area contributed by atoms with Gasteiger partial charge in [-0.3, -0.25) is 4.79 Å². The second kappa shape index (κ2) is 8.43. The Morgan fingerprint density at radius 1 is 1.37 bits per heavy atom. The van der Waals surface area contributed by atoms with Crippen molar-refractivity contribution in [1.82, 2.24) is 9.88 Å². The number of hydrogen-bond donors (Lipinski definition) is 1. The number of aromatic nitrogens is 1. The standard InChI is InChI=1S/C18H19F2N3O3S/c1-2-26-18(25)23-7-3-4-12(9-23)16(24)22-17-21-15(10-27-17)11-5-6-13(19)14(20)8-11/h5-6,8,10,12H,2-4,7,9H2,1H3,(H,21,22,24). The van der Waals surface area contributed by atoms with Crippen LogP contribution in [0.3, 0.4) is 0 Å². The van der Waals surface area contributed by atoms with Crippen LogP contribution in [0.2, 0.25) is 0 Å². The summed E-state index contributed by atoms with van der Waals surface area (Å²) in [5.74, 6) is -2.45. The molecule has 1 saturated heterocycles. The van der Waals surface area contributed by atoms with Gasteiger partial charge < -0.3 is 15.0 Å². The van der Waals surface area contributed by atoms with Crippen LogP contribution in [0.4, 0.5) is 18.7 Å². The van der Waals surface area contributed by atoms with Crippen LogP contribution < -0.4 is 5.32 Å². The normalized spacial score (nSPS) is 16.9. The van der Waals surface area contributed by atoms with Gasteiger partial charge in [0.05, 0.1) is 18.2 Å². The fourth-order valence-corrected chi connectivity index (χ4v) is 3.62. The van der Waals surface area contributed by atoms with Crippen LogP contribution in [0, 0.1) is 17.6 Å². The van der Waals surface area contributed by atoms with Crippen molar-refractivity contribution < 1.29 is 23.1 Å². The van der Waals surface area contributed by atoms with Gasteiger partial charge in [-0.15, -0.1) is 11.3 Å². The topological polar surface area (TPSA) is 71.5 Å². The fraction of sp³-hybridized carbons (Fsp3) is 0.389. The number of rotatable bonds is 4. The fourth-order valence-electron chi connectivity index (χ4n) is 2.90. The highest BCUT2D eigenvalue weighted by molar-refractivity contribution is 7.14. The minimum Gasteiger partial charge on any atom is -0.450 e. The number of nitrogens with zero attached hydrogens (tertiary/aromatic N) is 2. The van der Waals surface area contributed by atoms with E-state index in [-0.39, 0.29) is 18.4 Å². The maximum atomic E-state index is 13.4. The Kier molecular flexibility index (Phi) is 6.00. The molecule has 144 valence electrons. The summed E-state index contributed by atoms with van der Waals surface area (Å²) < 4.78 is 31.4. The summed E-state index contributed by atoms with van der Waals surface area (Å²) in [6.45, 7) is 2.89. The summed E-state index contributed by atoms with van der Waals surface area (Å²) in [4.78, 5) is 30.1. The SMILES string of the molecule is CCOC(=O)N1CCCC(C(=O)Nc2nc(-c3ccc(F)c(F)c3)cs2)C1. The minimum atomic E-state index is -0.952. The van der Waals surface area contributed by atoms with Crippen LogP contribution in [0.5, 0.6) is 0 Å². The maximum absolute atomic E-state index is 13.4. The molecule has 1 fully saturated rings. The number of nitrogens with one attached hydrogen (secondary N) is 1. The third kappa shape index (κ3) is 4.60. The number of amides is 2. The molecule has 2 amide bonds. The number of anilines is 1. The summed E-state index contributed by atoms with van der Waals surface area (Å²) in [7, 11) is 0. The molecule has 0 aliphatic carbocycles. The van der Waals surface area contributed by atoms with Crippen molar-refractivity contribution in [1.29, 1.82) is 0 Å². The largest absolute Gasteiger partial charge is 0.450 e. The van der Waals surface area contributed by atoms with Crippen molar-refractivity contribution in [3.63, 3.8) is 0 Å². The first-order valence-corrected chi connectivity index (χ1v) is 9.49. The first-order chi connectivity index (χ1) is 13.0. The molecule has 3 rings (SSSR count). The number of thiazole rings is 1. The number of hydrogen-bond acceptors (Lipinski definition) is 5. The second-order valence-corrected chi connectivity index (χ2v) is 7.00. The molecule has 0 radical (unpaired) electrons. The van der Waals surface area contributed by atoms with Gasteiger partial charge >= 0.3 is 6.09 Å². The molecule has 1 aromatic carbocycles. The van der Waals surface area contributed by atoms with Crippen LogP contribution in [0.25, 0.3) is 11.3 Å². The first-order valence-electron chi connectivity index (χ1n) is 8.61.